The zero-order valence-corrected chi connectivity index (χ0v) is 14.7. The summed E-state index contributed by atoms with van der Waals surface area (Å²) < 4.78 is 10.6. The lowest BCUT2D eigenvalue weighted by Crippen LogP contribution is -2.43. The third-order valence-electron chi connectivity index (χ3n) is 4.48. The molecule has 25 heavy (non-hydrogen) atoms. The highest BCUT2D eigenvalue weighted by atomic mass is 32.1. The monoisotopic (exact) mass is 359 g/mol. The summed E-state index contributed by atoms with van der Waals surface area (Å²) >= 11 is 1.72. The fourth-order valence-corrected chi connectivity index (χ4v) is 3.86. The first-order chi connectivity index (χ1) is 12.3. The molecule has 132 valence electrons. The molecule has 0 spiro atoms. The van der Waals surface area contributed by atoms with Crippen molar-refractivity contribution in [2.45, 2.75) is 25.6 Å². The van der Waals surface area contributed by atoms with E-state index in [1.807, 2.05) is 18.2 Å². The van der Waals surface area contributed by atoms with Crippen LogP contribution in [0.15, 0.2) is 35.0 Å². The number of thiophene rings is 1. The van der Waals surface area contributed by atoms with Crippen LogP contribution in [0.1, 0.15) is 17.5 Å². The zero-order chi connectivity index (χ0) is 17.1. The average Bonchev–Trinajstić information content (AvgIpc) is 3.35. The summed E-state index contributed by atoms with van der Waals surface area (Å²) in [4.78, 5) is 14.5. The third kappa shape index (κ3) is 4.05. The number of hydrogen-bond acceptors (Lipinski definition) is 5. The van der Waals surface area contributed by atoms with Gasteiger partial charge in [-0.25, -0.2) is 4.79 Å². The van der Waals surface area contributed by atoms with Gasteiger partial charge < -0.3 is 20.1 Å². The van der Waals surface area contributed by atoms with E-state index in [0.29, 0.717) is 6.54 Å². The van der Waals surface area contributed by atoms with Crippen molar-refractivity contribution in [3.63, 3.8) is 0 Å². The predicted molar refractivity (Wildman–Crippen MR) is 95.9 cm³/mol. The molecule has 1 aromatic carbocycles. The molecule has 0 aliphatic carbocycles. The van der Waals surface area contributed by atoms with Crippen LogP contribution in [0.2, 0.25) is 0 Å². The maximum atomic E-state index is 12.1. The summed E-state index contributed by atoms with van der Waals surface area (Å²) in [5.74, 6) is 1.49. The fourth-order valence-electron chi connectivity index (χ4n) is 3.20. The van der Waals surface area contributed by atoms with Crippen molar-refractivity contribution in [2.24, 2.45) is 0 Å². The molecule has 1 saturated heterocycles. The number of carbonyl (C=O) groups is 1. The summed E-state index contributed by atoms with van der Waals surface area (Å²) in [6.45, 7) is 3.60. The minimum atomic E-state index is -0.125. The second-order valence-corrected chi connectivity index (χ2v) is 7.15. The molecule has 3 heterocycles. The Balaban J connectivity index is 1.21. The Morgan fingerprint density at radius 2 is 2.16 bits per heavy atom. The average molecular weight is 359 g/mol. The second kappa shape index (κ2) is 7.33. The number of carbonyl (C=O) groups excluding carboxylic acids is 1. The summed E-state index contributed by atoms with van der Waals surface area (Å²) in [5, 5.41) is 10.3. The summed E-state index contributed by atoms with van der Waals surface area (Å²) in [6, 6.07) is 7.95. The van der Waals surface area contributed by atoms with Crippen LogP contribution in [0.5, 0.6) is 11.5 Å². The van der Waals surface area contributed by atoms with Crippen LogP contribution in [0, 0.1) is 0 Å². The third-order valence-corrected chi connectivity index (χ3v) is 5.22. The van der Waals surface area contributed by atoms with Gasteiger partial charge in [0.1, 0.15) is 0 Å². The normalized spacial score (nSPS) is 19.1. The van der Waals surface area contributed by atoms with Gasteiger partial charge in [0.25, 0.3) is 0 Å². The van der Waals surface area contributed by atoms with Gasteiger partial charge in [0, 0.05) is 32.2 Å². The van der Waals surface area contributed by atoms with Crippen molar-refractivity contribution in [1.29, 1.82) is 0 Å². The van der Waals surface area contributed by atoms with Gasteiger partial charge in [0.05, 0.1) is 0 Å². The number of benzene rings is 1. The molecule has 0 radical (unpaired) electrons. The van der Waals surface area contributed by atoms with E-state index in [4.69, 9.17) is 9.47 Å². The quantitative estimate of drug-likeness (QED) is 0.861. The fraction of sp³-hybridized carbons (Fsp3) is 0.389. The van der Waals surface area contributed by atoms with E-state index in [0.717, 1.165) is 43.1 Å². The Morgan fingerprint density at radius 1 is 1.24 bits per heavy atom. The first-order valence-corrected chi connectivity index (χ1v) is 9.37. The van der Waals surface area contributed by atoms with Gasteiger partial charge >= 0.3 is 6.03 Å². The highest BCUT2D eigenvalue weighted by Gasteiger charge is 2.23. The molecule has 1 fully saturated rings. The van der Waals surface area contributed by atoms with Crippen LogP contribution < -0.4 is 20.1 Å². The van der Waals surface area contributed by atoms with Crippen LogP contribution >= 0.6 is 11.3 Å². The van der Waals surface area contributed by atoms with Gasteiger partial charge in [-0.15, -0.1) is 0 Å². The number of nitrogens with zero attached hydrogens (tertiary/aromatic N) is 1. The minimum absolute atomic E-state index is 0.125. The highest BCUT2D eigenvalue weighted by molar-refractivity contribution is 7.07. The molecular weight excluding hydrogens is 338 g/mol. The number of urea groups is 1. The van der Waals surface area contributed by atoms with E-state index in [9.17, 15) is 4.79 Å². The second-order valence-electron chi connectivity index (χ2n) is 6.37. The number of rotatable bonds is 5. The van der Waals surface area contributed by atoms with Crippen molar-refractivity contribution < 1.29 is 14.3 Å². The number of ether oxygens (including phenoxy) is 2. The van der Waals surface area contributed by atoms with Crippen molar-refractivity contribution in [2.75, 3.05) is 19.9 Å². The number of amides is 2. The van der Waals surface area contributed by atoms with Crippen LogP contribution in [0.4, 0.5) is 4.79 Å². The molecular formula is C18H21N3O3S. The molecule has 0 bridgehead atoms. The molecule has 2 N–H and O–H groups in total. The van der Waals surface area contributed by atoms with Gasteiger partial charge in [0.2, 0.25) is 6.79 Å². The van der Waals surface area contributed by atoms with Crippen molar-refractivity contribution in [3.05, 3.63) is 46.2 Å². The maximum absolute atomic E-state index is 12.1. The van der Waals surface area contributed by atoms with Crippen molar-refractivity contribution >= 4 is 17.4 Å². The summed E-state index contributed by atoms with van der Waals surface area (Å²) in [5.41, 5.74) is 2.34. The molecule has 7 heteroatoms. The molecule has 0 unspecified atom stereocenters. The zero-order valence-electron chi connectivity index (χ0n) is 13.9. The van der Waals surface area contributed by atoms with Crippen LogP contribution in [-0.4, -0.2) is 36.9 Å². The van der Waals surface area contributed by atoms with Gasteiger partial charge in [-0.2, -0.15) is 11.3 Å². The van der Waals surface area contributed by atoms with Gasteiger partial charge in [-0.1, -0.05) is 6.07 Å². The van der Waals surface area contributed by atoms with Gasteiger partial charge in [-0.05, 0) is 46.5 Å². The Bertz CT molecular complexity index is 735. The predicted octanol–water partition coefficient (Wildman–Crippen LogP) is 2.55. The Kier molecular flexibility index (Phi) is 4.76. The molecule has 2 aliphatic rings. The first kappa shape index (κ1) is 16.2. The Labute approximate surface area is 150 Å². The smallest absolute Gasteiger partial charge is 0.315 e. The van der Waals surface area contributed by atoms with E-state index in [2.05, 4.69) is 32.4 Å². The number of hydrogen-bond donors (Lipinski definition) is 2. The minimum Gasteiger partial charge on any atom is -0.454 e. The lowest BCUT2D eigenvalue weighted by molar-refractivity contribution is 0.174. The van der Waals surface area contributed by atoms with E-state index in [-0.39, 0.29) is 18.9 Å². The Hall–Kier alpha value is -2.25. The molecule has 2 aliphatic heterocycles. The topological polar surface area (TPSA) is 62.8 Å². The van der Waals surface area contributed by atoms with E-state index < -0.39 is 0 Å². The van der Waals surface area contributed by atoms with Crippen LogP contribution in [0.3, 0.4) is 0 Å². The van der Waals surface area contributed by atoms with Crippen molar-refractivity contribution in [3.8, 4) is 11.5 Å². The largest absolute Gasteiger partial charge is 0.454 e. The highest BCUT2D eigenvalue weighted by Crippen LogP contribution is 2.32. The molecule has 1 aromatic heterocycles. The lowest BCUT2D eigenvalue weighted by atomic mass is 10.2. The molecule has 2 aromatic rings. The molecule has 4 rings (SSSR count). The van der Waals surface area contributed by atoms with Crippen LogP contribution in [0.25, 0.3) is 0 Å². The lowest BCUT2D eigenvalue weighted by Gasteiger charge is -2.16. The maximum Gasteiger partial charge on any atom is 0.315 e. The number of likely N-dealkylation sites (tertiary alicyclic amines) is 1. The van der Waals surface area contributed by atoms with E-state index >= 15 is 0 Å². The molecule has 2 amide bonds. The van der Waals surface area contributed by atoms with Crippen molar-refractivity contribution in [1.82, 2.24) is 15.5 Å². The number of nitrogens with one attached hydrogen (secondary N) is 2. The first-order valence-electron chi connectivity index (χ1n) is 8.42. The summed E-state index contributed by atoms with van der Waals surface area (Å²) in [7, 11) is 0. The van der Waals surface area contributed by atoms with Crippen LogP contribution in [-0.2, 0) is 13.1 Å². The standard InChI is InChI=1S/C18H21N3O3S/c22-18(19-8-13-1-2-16-17(7-13)24-12-23-16)20-15-3-5-21(10-15)9-14-4-6-25-11-14/h1-2,4,6-7,11,15H,3,5,8-10,12H2,(H2,19,20,22)/t15-/m0/s1. The molecule has 0 saturated carbocycles. The number of fused-ring (bicyclic) bond motifs is 1. The molecule has 1 atom stereocenters. The summed E-state index contributed by atoms with van der Waals surface area (Å²) in [6.07, 6.45) is 0.988. The van der Waals surface area contributed by atoms with E-state index in [1.54, 1.807) is 11.3 Å². The van der Waals surface area contributed by atoms with Gasteiger partial charge in [-0.3, -0.25) is 4.90 Å². The molecule has 6 nitrogen and oxygen atoms in total. The van der Waals surface area contributed by atoms with Gasteiger partial charge in [0.15, 0.2) is 11.5 Å². The van der Waals surface area contributed by atoms with E-state index in [1.165, 1.54) is 5.56 Å². The SMILES string of the molecule is O=C(NCc1ccc2c(c1)OCO2)N[C@H]1CCN(Cc2ccsc2)C1. The Morgan fingerprint density at radius 3 is 3.04 bits per heavy atom.